The van der Waals surface area contributed by atoms with Gasteiger partial charge in [0.1, 0.15) is 5.82 Å². The van der Waals surface area contributed by atoms with E-state index in [0.717, 1.165) is 18.2 Å². The van der Waals surface area contributed by atoms with Crippen molar-refractivity contribution in [2.45, 2.75) is 6.18 Å². The molecule has 1 aromatic rings. The number of alkyl halides is 3. The van der Waals surface area contributed by atoms with E-state index in [1.807, 2.05) is 0 Å². The summed E-state index contributed by atoms with van der Waals surface area (Å²) in [5.41, 5.74) is -2.39. The average molecular weight is 218 g/mol. The second-order valence-electron chi connectivity index (χ2n) is 2.80. The monoisotopic (exact) mass is 218 g/mol. The highest BCUT2D eigenvalue weighted by Gasteiger charge is 2.34. The number of carbonyl (C=O) groups is 1. The SMILES string of the molecule is C=C(c1cccc(F)c1C=O)C(F)(F)F. The molecule has 0 saturated heterocycles. The van der Waals surface area contributed by atoms with Gasteiger partial charge in [0.2, 0.25) is 0 Å². The molecule has 0 fully saturated rings. The summed E-state index contributed by atoms with van der Waals surface area (Å²) in [5, 5.41) is 0. The maximum absolute atomic E-state index is 13.0. The Labute approximate surface area is 83.0 Å². The van der Waals surface area contributed by atoms with Gasteiger partial charge in [0.25, 0.3) is 0 Å². The Morgan fingerprint density at radius 3 is 2.40 bits per heavy atom. The van der Waals surface area contributed by atoms with E-state index in [-0.39, 0.29) is 6.29 Å². The standard InChI is InChI=1S/C10H6F4O/c1-6(10(12,13)14)7-3-2-4-9(11)8(7)5-15/h2-5H,1H2. The summed E-state index contributed by atoms with van der Waals surface area (Å²) < 4.78 is 49.7. The number of halogens is 4. The summed E-state index contributed by atoms with van der Waals surface area (Å²) in [6.07, 6.45) is -4.63. The first-order valence-electron chi connectivity index (χ1n) is 3.88. The predicted molar refractivity (Wildman–Crippen MR) is 46.9 cm³/mol. The van der Waals surface area contributed by atoms with Crippen molar-refractivity contribution in [1.82, 2.24) is 0 Å². The lowest BCUT2D eigenvalue weighted by Gasteiger charge is -2.12. The number of aldehydes is 1. The Morgan fingerprint density at radius 2 is 1.93 bits per heavy atom. The lowest BCUT2D eigenvalue weighted by molar-refractivity contribution is -0.0686. The van der Waals surface area contributed by atoms with Crippen LogP contribution in [0.3, 0.4) is 0 Å². The van der Waals surface area contributed by atoms with Crippen LogP contribution in [0.5, 0.6) is 0 Å². The molecule has 0 spiro atoms. The number of carbonyl (C=O) groups excluding carboxylic acids is 1. The first-order valence-corrected chi connectivity index (χ1v) is 3.88. The van der Waals surface area contributed by atoms with Crippen LogP contribution in [0.2, 0.25) is 0 Å². The molecule has 0 atom stereocenters. The molecule has 15 heavy (non-hydrogen) atoms. The first-order chi connectivity index (χ1) is 6.88. The summed E-state index contributed by atoms with van der Waals surface area (Å²) in [6.45, 7) is 2.80. The van der Waals surface area contributed by atoms with Crippen molar-refractivity contribution in [3.63, 3.8) is 0 Å². The van der Waals surface area contributed by atoms with Gasteiger partial charge in [0, 0.05) is 0 Å². The third-order valence-corrected chi connectivity index (χ3v) is 1.84. The van der Waals surface area contributed by atoms with E-state index >= 15 is 0 Å². The molecule has 0 aliphatic carbocycles. The van der Waals surface area contributed by atoms with Gasteiger partial charge in [-0.15, -0.1) is 0 Å². The fraction of sp³-hybridized carbons (Fsp3) is 0.100. The van der Waals surface area contributed by atoms with E-state index in [1.165, 1.54) is 0 Å². The van der Waals surface area contributed by atoms with Crippen LogP contribution < -0.4 is 0 Å². The Kier molecular flexibility index (Phi) is 2.93. The minimum atomic E-state index is -4.68. The van der Waals surface area contributed by atoms with Gasteiger partial charge in [-0.2, -0.15) is 13.2 Å². The molecular weight excluding hydrogens is 212 g/mol. The van der Waals surface area contributed by atoms with Crippen LogP contribution in [0.25, 0.3) is 5.57 Å². The zero-order valence-electron chi connectivity index (χ0n) is 7.44. The highest BCUT2D eigenvalue weighted by molar-refractivity contribution is 5.86. The third kappa shape index (κ3) is 2.23. The van der Waals surface area contributed by atoms with Crippen LogP contribution in [-0.4, -0.2) is 12.5 Å². The number of rotatable bonds is 2. The summed E-state index contributed by atoms with van der Waals surface area (Å²) in [7, 11) is 0. The lowest BCUT2D eigenvalue weighted by Crippen LogP contribution is -2.11. The molecule has 0 aliphatic rings. The molecule has 0 amide bonds. The van der Waals surface area contributed by atoms with Crippen LogP contribution in [0.15, 0.2) is 24.8 Å². The number of benzene rings is 1. The molecule has 0 radical (unpaired) electrons. The van der Waals surface area contributed by atoms with Crippen molar-refractivity contribution in [3.05, 3.63) is 41.7 Å². The molecule has 5 heteroatoms. The molecule has 1 nitrogen and oxygen atoms in total. The number of allylic oxidation sites excluding steroid dienone is 1. The van der Waals surface area contributed by atoms with Crippen LogP contribution in [0, 0.1) is 5.82 Å². The van der Waals surface area contributed by atoms with Gasteiger partial charge in [-0.05, 0) is 11.6 Å². The molecule has 0 heterocycles. The molecule has 0 unspecified atom stereocenters. The molecule has 0 N–H and O–H groups in total. The molecule has 1 aromatic carbocycles. The smallest absolute Gasteiger partial charge is 0.298 e. The second-order valence-corrected chi connectivity index (χ2v) is 2.80. The second kappa shape index (κ2) is 3.84. The predicted octanol–water partition coefficient (Wildman–Crippen LogP) is 3.21. The number of hydrogen-bond acceptors (Lipinski definition) is 1. The summed E-state index contributed by atoms with van der Waals surface area (Å²) >= 11 is 0. The van der Waals surface area contributed by atoms with Gasteiger partial charge in [-0.25, -0.2) is 4.39 Å². The summed E-state index contributed by atoms with van der Waals surface area (Å²) in [5.74, 6) is -0.993. The van der Waals surface area contributed by atoms with Crippen molar-refractivity contribution in [3.8, 4) is 0 Å². The molecule has 0 saturated carbocycles. The van der Waals surface area contributed by atoms with Crippen molar-refractivity contribution < 1.29 is 22.4 Å². The maximum Gasteiger partial charge on any atom is 0.416 e. The van der Waals surface area contributed by atoms with Gasteiger partial charge in [-0.3, -0.25) is 4.79 Å². The molecule has 0 aliphatic heterocycles. The topological polar surface area (TPSA) is 17.1 Å². The zero-order chi connectivity index (χ0) is 11.6. The van der Waals surface area contributed by atoms with E-state index in [0.29, 0.717) is 0 Å². The summed E-state index contributed by atoms with van der Waals surface area (Å²) in [6, 6.07) is 3.01. The molecule has 80 valence electrons. The van der Waals surface area contributed by atoms with Gasteiger partial charge < -0.3 is 0 Å². The van der Waals surface area contributed by atoms with Crippen LogP contribution >= 0.6 is 0 Å². The minimum absolute atomic E-state index is 0.0432. The van der Waals surface area contributed by atoms with E-state index < -0.39 is 28.7 Å². The van der Waals surface area contributed by atoms with E-state index in [2.05, 4.69) is 6.58 Å². The highest BCUT2D eigenvalue weighted by atomic mass is 19.4. The highest BCUT2D eigenvalue weighted by Crippen LogP contribution is 2.33. The van der Waals surface area contributed by atoms with Gasteiger partial charge in [-0.1, -0.05) is 18.7 Å². The molecular formula is C10H6F4O. The van der Waals surface area contributed by atoms with Crippen molar-refractivity contribution in [2.75, 3.05) is 0 Å². The van der Waals surface area contributed by atoms with Gasteiger partial charge in [0.15, 0.2) is 6.29 Å². The first kappa shape index (κ1) is 11.4. The zero-order valence-corrected chi connectivity index (χ0v) is 7.44. The Morgan fingerprint density at radius 1 is 1.33 bits per heavy atom. The maximum atomic E-state index is 13.0. The third-order valence-electron chi connectivity index (χ3n) is 1.84. The van der Waals surface area contributed by atoms with Crippen LogP contribution in [-0.2, 0) is 0 Å². The molecule has 1 rings (SSSR count). The fourth-order valence-corrected chi connectivity index (χ4v) is 1.07. The van der Waals surface area contributed by atoms with E-state index in [9.17, 15) is 22.4 Å². The van der Waals surface area contributed by atoms with Crippen LogP contribution in [0.4, 0.5) is 17.6 Å². The van der Waals surface area contributed by atoms with Crippen molar-refractivity contribution in [2.24, 2.45) is 0 Å². The van der Waals surface area contributed by atoms with Crippen LogP contribution in [0.1, 0.15) is 15.9 Å². The normalized spacial score (nSPS) is 11.2. The Balaban J connectivity index is 3.32. The van der Waals surface area contributed by atoms with E-state index in [1.54, 1.807) is 0 Å². The van der Waals surface area contributed by atoms with Gasteiger partial charge in [0.05, 0.1) is 11.1 Å². The quantitative estimate of drug-likeness (QED) is 0.550. The van der Waals surface area contributed by atoms with Crippen molar-refractivity contribution in [1.29, 1.82) is 0 Å². The molecule has 0 bridgehead atoms. The fourth-order valence-electron chi connectivity index (χ4n) is 1.07. The largest absolute Gasteiger partial charge is 0.416 e. The summed E-state index contributed by atoms with van der Waals surface area (Å²) in [4.78, 5) is 10.4. The molecule has 0 aromatic heterocycles. The Bertz CT molecular complexity index is 406. The number of hydrogen-bond donors (Lipinski definition) is 0. The van der Waals surface area contributed by atoms with E-state index in [4.69, 9.17) is 0 Å². The van der Waals surface area contributed by atoms with Gasteiger partial charge >= 0.3 is 6.18 Å². The minimum Gasteiger partial charge on any atom is -0.298 e. The van der Waals surface area contributed by atoms with Crippen molar-refractivity contribution >= 4 is 11.9 Å². The lowest BCUT2D eigenvalue weighted by atomic mass is 10.0. The average Bonchev–Trinajstić information content (AvgIpc) is 2.14. The Hall–Kier alpha value is -1.65.